The van der Waals surface area contributed by atoms with Crippen molar-refractivity contribution in [3.8, 4) is 0 Å². The minimum Gasteiger partial charge on any atom is -0.463 e. The number of nitrogens with zero attached hydrogens (tertiary/aromatic N) is 1. The van der Waals surface area contributed by atoms with E-state index in [-0.39, 0.29) is 5.91 Å². The van der Waals surface area contributed by atoms with Crippen LogP contribution in [0.15, 0.2) is 53.2 Å². The number of hydrogen-bond donors (Lipinski definition) is 1. The van der Waals surface area contributed by atoms with Crippen molar-refractivity contribution in [3.63, 3.8) is 0 Å². The van der Waals surface area contributed by atoms with Crippen molar-refractivity contribution in [2.24, 2.45) is 0 Å². The van der Waals surface area contributed by atoms with Gasteiger partial charge < -0.3 is 14.3 Å². The maximum Gasteiger partial charge on any atom is 0.272 e. The van der Waals surface area contributed by atoms with Gasteiger partial charge in [-0.05, 0) is 44.0 Å². The first-order valence-electron chi connectivity index (χ1n) is 7.55. The van der Waals surface area contributed by atoms with Crippen molar-refractivity contribution in [3.05, 3.63) is 65.6 Å². The summed E-state index contributed by atoms with van der Waals surface area (Å²) in [5, 5.41) is 2.96. The van der Waals surface area contributed by atoms with Gasteiger partial charge in [0.1, 0.15) is 5.69 Å². The zero-order valence-corrected chi connectivity index (χ0v) is 13.6. The first kappa shape index (κ1) is 15.2. The number of benzene rings is 1. The lowest BCUT2D eigenvalue weighted by Gasteiger charge is -2.11. The summed E-state index contributed by atoms with van der Waals surface area (Å²) in [6, 6.07) is 9.53. The highest BCUT2D eigenvalue weighted by Gasteiger charge is 2.17. The lowest BCUT2D eigenvalue weighted by atomic mass is 10.1. The third kappa shape index (κ3) is 2.93. The molecule has 4 nitrogen and oxygen atoms in total. The molecule has 1 N–H and O–H groups in total. The van der Waals surface area contributed by atoms with Crippen molar-refractivity contribution in [1.29, 1.82) is 0 Å². The Morgan fingerprint density at radius 3 is 2.70 bits per heavy atom. The maximum atomic E-state index is 12.7. The number of nitrogens with one attached hydrogen (secondary N) is 1. The molecule has 0 aliphatic heterocycles. The fraction of sp³-hybridized carbons (Fsp3) is 0.211. The predicted molar refractivity (Wildman–Crippen MR) is 92.9 cm³/mol. The standard InChI is InChI=1S/C19H20N2O2/c1-12(2)11-21-16-7-8-23-18(16)10-17(21)19(22)20-15-6-5-13(3)14(4)9-15/h5-10H,1,11H2,2-4H3,(H,20,22). The Morgan fingerprint density at radius 2 is 2.00 bits per heavy atom. The summed E-state index contributed by atoms with van der Waals surface area (Å²) in [4.78, 5) is 12.7. The molecule has 23 heavy (non-hydrogen) atoms. The van der Waals surface area contributed by atoms with Crippen LogP contribution in [0.5, 0.6) is 0 Å². The quantitative estimate of drug-likeness (QED) is 0.711. The van der Waals surface area contributed by atoms with E-state index in [4.69, 9.17) is 4.42 Å². The molecule has 0 saturated heterocycles. The van der Waals surface area contributed by atoms with E-state index in [1.807, 2.05) is 49.6 Å². The van der Waals surface area contributed by atoms with Gasteiger partial charge in [-0.2, -0.15) is 0 Å². The van der Waals surface area contributed by atoms with Crippen LogP contribution in [0.1, 0.15) is 28.5 Å². The number of rotatable bonds is 4. The van der Waals surface area contributed by atoms with Gasteiger partial charge in [-0.25, -0.2) is 0 Å². The van der Waals surface area contributed by atoms with Gasteiger partial charge in [0, 0.05) is 24.4 Å². The van der Waals surface area contributed by atoms with E-state index >= 15 is 0 Å². The molecule has 2 aromatic heterocycles. The molecule has 0 spiro atoms. The fourth-order valence-corrected chi connectivity index (χ4v) is 2.62. The first-order valence-corrected chi connectivity index (χ1v) is 7.55. The number of allylic oxidation sites excluding steroid dienone is 1. The summed E-state index contributed by atoms with van der Waals surface area (Å²) in [6.45, 7) is 10.5. The SMILES string of the molecule is C=C(C)Cn1c(C(=O)Nc2ccc(C)c(C)c2)cc2occc21. The van der Waals surface area contributed by atoms with Gasteiger partial charge in [0.15, 0.2) is 5.58 Å². The summed E-state index contributed by atoms with van der Waals surface area (Å²) >= 11 is 0. The highest BCUT2D eigenvalue weighted by Crippen LogP contribution is 2.23. The number of anilines is 1. The Balaban J connectivity index is 1.95. The van der Waals surface area contributed by atoms with Crippen molar-refractivity contribution in [2.75, 3.05) is 5.32 Å². The van der Waals surface area contributed by atoms with Crippen molar-refractivity contribution >= 4 is 22.7 Å². The van der Waals surface area contributed by atoms with E-state index in [1.54, 1.807) is 12.3 Å². The number of furan rings is 1. The number of carbonyl (C=O) groups excluding carboxylic acids is 1. The van der Waals surface area contributed by atoms with Crippen LogP contribution in [0.2, 0.25) is 0 Å². The summed E-state index contributed by atoms with van der Waals surface area (Å²) < 4.78 is 7.35. The molecule has 0 aliphatic carbocycles. The van der Waals surface area contributed by atoms with Gasteiger partial charge in [-0.3, -0.25) is 4.79 Å². The number of aryl methyl sites for hydroxylation is 2. The average Bonchev–Trinajstić information content (AvgIpc) is 3.05. The third-order valence-electron chi connectivity index (χ3n) is 3.95. The fourth-order valence-electron chi connectivity index (χ4n) is 2.62. The van der Waals surface area contributed by atoms with E-state index < -0.39 is 0 Å². The van der Waals surface area contributed by atoms with Gasteiger partial charge in [-0.15, -0.1) is 0 Å². The minimum atomic E-state index is -0.152. The Morgan fingerprint density at radius 1 is 1.22 bits per heavy atom. The van der Waals surface area contributed by atoms with Crippen LogP contribution >= 0.6 is 0 Å². The molecule has 1 amide bonds. The molecule has 3 rings (SSSR count). The van der Waals surface area contributed by atoms with Crippen molar-refractivity contribution in [2.45, 2.75) is 27.3 Å². The highest BCUT2D eigenvalue weighted by molar-refractivity contribution is 6.05. The van der Waals surface area contributed by atoms with Gasteiger partial charge in [0.05, 0.1) is 11.8 Å². The minimum absolute atomic E-state index is 0.152. The normalized spacial score (nSPS) is 10.9. The molecule has 4 heteroatoms. The zero-order chi connectivity index (χ0) is 16.6. The monoisotopic (exact) mass is 308 g/mol. The van der Waals surface area contributed by atoms with Crippen LogP contribution in [-0.2, 0) is 6.54 Å². The Hall–Kier alpha value is -2.75. The highest BCUT2D eigenvalue weighted by atomic mass is 16.3. The van der Waals surface area contributed by atoms with Crippen LogP contribution in [-0.4, -0.2) is 10.5 Å². The number of hydrogen-bond acceptors (Lipinski definition) is 2. The Kier molecular flexibility index (Phi) is 3.82. The smallest absolute Gasteiger partial charge is 0.272 e. The van der Waals surface area contributed by atoms with E-state index in [2.05, 4.69) is 11.9 Å². The van der Waals surface area contributed by atoms with Gasteiger partial charge >= 0.3 is 0 Å². The third-order valence-corrected chi connectivity index (χ3v) is 3.95. The Bertz CT molecular complexity index is 899. The van der Waals surface area contributed by atoms with Crippen LogP contribution in [0.25, 0.3) is 11.1 Å². The second kappa shape index (κ2) is 5.80. The van der Waals surface area contributed by atoms with Crippen LogP contribution < -0.4 is 5.32 Å². The summed E-state index contributed by atoms with van der Waals surface area (Å²) in [5.74, 6) is -0.152. The Labute approximate surface area is 135 Å². The topological polar surface area (TPSA) is 47.2 Å². The van der Waals surface area contributed by atoms with Crippen LogP contribution in [0, 0.1) is 13.8 Å². The van der Waals surface area contributed by atoms with Crippen molar-refractivity contribution in [1.82, 2.24) is 4.57 Å². The van der Waals surface area contributed by atoms with E-state index in [0.29, 0.717) is 17.8 Å². The van der Waals surface area contributed by atoms with Gasteiger partial charge in [-0.1, -0.05) is 18.2 Å². The second-order valence-corrected chi connectivity index (χ2v) is 6.00. The molecule has 0 radical (unpaired) electrons. The lowest BCUT2D eigenvalue weighted by molar-refractivity contribution is 0.101. The maximum absolute atomic E-state index is 12.7. The van der Waals surface area contributed by atoms with Gasteiger partial charge in [0.2, 0.25) is 0 Å². The number of amides is 1. The number of aromatic nitrogens is 1. The average molecular weight is 308 g/mol. The molecular formula is C19H20N2O2. The molecule has 0 saturated carbocycles. The molecule has 118 valence electrons. The molecule has 2 heterocycles. The summed E-state index contributed by atoms with van der Waals surface area (Å²) in [6.07, 6.45) is 1.63. The van der Waals surface area contributed by atoms with Crippen molar-refractivity contribution < 1.29 is 9.21 Å². The molecule has 1 aromatic carbocycles. The van der Waals surface area contributed by atoms with Crippen LogP contribution in [0.3, 0.4) is 0 Å². The van der Waals surface area contributed by atoms with Gasteiger partial charge in [0.25, 0.3) is 5.91 Å². The lowest BCUT2D eigenvalue weighted by Crippen LogP contribution is -2.17. The summed E-state index contributed by atoms with van der Waals surface area (Å²) in [7, 11) is 0. The molecule has 0 aliphatic rings. The zero-order valence-electron chi connectivity index (χ0n) is 13.6. The largest absolute Gasteiger partial charge is 0.463 e. The van der Waals surface area contributed by atoms with E-state index in [1.165, 1.54) is 5.56 Å². The molecule has 0 atom stereocenters. The molecule has 0 fully saturated rings. The number of carbonyl (C=O) groups is 1. The van der Waals surface area contributed by atoms with E-state index in [0.717, 1.165) is 22.3 Å². The molecule has 0 unspecified atom stereocenters. The van der Waals surface area contributed by atoms with E-state index in [9.17, 15) is 4.79 Å². The van der Waals surface area contributed by atoms with Crippen LogP contribution in [0.4, 0.5) is 5.69 Å². The molecule has 3 aromatic rings. The molecular weight excluding hydrogens is 288 g/mol. The molecule has 0 bridgehead atoms. The first-order chi connectivity index (χ1) is 11.0. The second-order valence-electron chi connectivity index (χ2n) is 6.00. The number of fused-ring (bicyclic) bond motifs is 1. The predicted octanol–water partition coefficient (Wildman–Crippen LogP) is 4.68. The summed E-state index contributed by atoms with van der Waals surface area (Å²) in [5.41, 5.74) is 6.29.